The highest BCUT2D eigenvalue weighted by Crippen LogP contribution is 2.52. The van der Waals surface area contributed by atoms with Crippen LogP contribution in [0, 0.1) is 0 Å². The zero-order valence-corrected chi connectivity index (χ0v) is 24.3. The lowest BCUT2D eigenvalue weighted by Gasteiger charge is -2.30. The van der Waals surface area contributed by atoms with Crippen LogP contribution in [-0.2, 0) is 6.42 Å². The molecule has 9 rings (SSSR count). The molecule has 8 aromatic rings. The predicted octanol–water partition coefficient (Wildman–Crippen LogP) is 11.9. The first kappa shape index (κ1) is 24.4. The number of para-hydroxylation sites is 1. The second-order valence-electron chi connectivity index (χ2n) is 11.3. The molecule has 0 spiro atoms. The number of anilines is 3. The van der Waals surface area contributed by atoms with E-state index in [0.29, 0.717) is 0 Å². The third-order valence-electron chi connectivity index (χ3n) is 8.90. The zero-order valence-electron chi connectivity index (χ0n) is 23.5. The summed E-state index contributed by atoms with van der Waals surface area (Å²) in [6.45, 7) is 0. The lowest BCUT2D eigenvalue weighted by Crippen LogP contribution is -2.12. The highest BCUT2D eigenvalue weighted by molar-refractivity contribution is 7.26. The lowest BCUT2D eigenvalue weighted by atomic mass is 9.92. The van der Waals surface area contributed by atoms with E-state index in [1.54, 1.807) is 0 Å². The first-order valence-corrected chi connectivity index (χ1v) is 15.6. The minimum atomic E-state index is 0.948. The maximum Gasteiger partial charge on any atom is 0.0633 e. The number of rotatable bonds is 4. The Kier molecular flexibility index (Phi) is 5.50. The Morgan fingerprint density at radius 3 is 2.05 bits per heavy atom. The highest BCUT2D eigenvalue weighted by atomic mass is 32.1. The average Bonchev–Trinajstić information content (AvgIpc) is 3.64. The maximum atomic E-state index is 2.51. The Labute approximate surface area is 254 Å². The summed E-state index contributed by atoms with van der Waals surface area (Å²) < 4.78 is 2.62. The van der Waals surface area contributed by atoms with E-state index in [4.69, 9.17) is 0 Å². The number of thiophene rings is 1. The van der Waals surface area contributed by atoms with E-state index >= 15 is 0 Å². The van der Waals surface area contributed by atoms with Crippen LogP contribution in [0.2, 0.25) is 0 Å². The third-order valence-corrected chi connectivity index (χ3v) is 10.0. The third kappa shape index (κ3) is 3.77. The van der Waals surface area contributed by atoms with Crippen molar-refractivity contribution >= 4 is 59.3 Å². The molecule has 1 aromatic heterocycles. The summed E-state index contributed by atoms with van der Waals surface area (Å²) in [6, 6.07) is 55.6. The molecule has 2 heteroatoms. The van der Waals surface area contributed by atoms with Crippen LogP contribution in [0.25, 0.3) is 53.2 Å². The van der Waals surface area contributed by atoms with Crippen molar-refractivity contribution in [3.63, 3.8) is 0 Å². The van der Waals surface area contributed by atoms with Gasteiger partial charge in [0.05, 0.1) is 11.4 Å². The van der Waals surface area contributed by atoms with E-state index in [1.165, 1.54) is 75.7 Å². The van der Waals surface area contributed by atoms with Gasteiger partial charge in [0.1, 0.15) is 0 Å². The molecule has 0 unspecified atom stereocenters. The van der Waals surface area contributed by atoms with Crippen molar-refractivity contribution < 1.29 is 0 Å². The number of fused-ring (bicyclic) bond motifs is 7. The second kappa shape index (κ2) is 9.69. The number of nitrogens with zero attached hydrogens (tertiary/aromatic N) is 1. The Balaban J connectivity index is 1.43. The summed E-state index contributed by atoms with van der Waals surface area (Å²) in [4.78, 5) is 2.51. The van der Waals surface area contributed by atoms with Crippen LogP contribution in [0.3, 0.4) is 0 Å². The fourth-order valence-electron chi connectivity index (χ4n) is 7.03. The fourth-order valence-corrected chi connectivity index (χ4v) is 8.14. The second-order valence-corrected chi connectivity index (χ2v) is 12.4. The van der Waals surface area contributed by atoms with Crippen molar-refractivity contribution in [2.45, 2.75) is 6.42 Å². The molecule has 1 heterocycles. The Morgan fingerprint density at radius 2 is 1.14 bits per heavy atom. The first-order chi connectivity index (χ1) is 21.3. The topological polar surface area (TPSA) is 3.24 Å². The van der Waals surface area contributed by atoms with Crippen molar-refractivity contribution in [2.24, 2.45) is 0 Å². The van der Waals surface area contributed by atoms with Gasteiger partial charge in [-0.3, -0.25) is 0 Å². The molecule has 1 aliphatic rings. The summed E-state index contributed by atoms with van der Waals surface area (Å²) in [7, 11) is 0. The van der Waals surface area contributed by atoms with Gasteiger partial charge in [-0.05, 0) is 70.0 Å². The predicted molar refractivity (Wildman–Crippen MR) is 185 cm³/mol. The van der Waals surface area contributed by atoms with Gasteiger partial charge in [-0.1, -0.05) is 121 Å². The zero-order chi connectivity index (χ0) is 28.3. The summed E-state index contributed by atoms with van der Waals surface area (Å²) in [5.41, 5.74) is 11.7. The van der Waals surface area contributed by atoms with Crippen molar-refractivity contribution in [3.8, 4) is 22.3 Å². The SMILES string of the molecule is c1ccc(N(c2cccc3ccccc23)c2c(-c3cccc4c3Cc3ccccc3-4)ccc3sc4ccccc4c23)cc1. The molecule has 0 radical (unpaired) electrons. The van der Waals surface area contributed by atoms with Crippen LogP contribution >= 0.6 is 11.3 Å². The van der Waals surface area contributed by atoms with Crippen LogP contribution in [-0.4, -0.2) is 0 Å². The molecule has 0 amide bonds. The van der Waals surface area contributed by atoms with Gasteiger partial charge in [0.15, 0.2) is 0 Å². The van der Waals surface area contributed by atoms with E-state index in [2.05, 4.69) is 157 Å². The monoisotopic (exact) mass is 565 g/mol. The van der Waals surface area contributed by atoms with Gasteiger partial charge in [0.25, 0.3) is 0 Å². The van der Waals surface area contributed by atoms with Crippen molar-refractivity contribution in [1.29, 1.82) is 0 Å². The molecule has 0 saturated heterocycles. The molecular formula is C41H27NS. The first-order valence-electron chi connectivity index (χ1n) is 14.8. The molecule has 1 nitrogen and oxygen atoms in total. The van der Waals surface area contributed by atoms with Crippen molar-refractivity contribution in [2.75, 3.05) is 4.90 Å². The van der Waals surface area contributed by atoms with Gasteiger partial charge in [-0.15, -0.1) is 11.3 Å². The van der Waals surface area contributed by atoms with Gasteiger partial charge in [0.2, 0.25) is 0 Å². The quantitative estimate of drug-likeness (QED) is 0.205. The van der Waals surface area contributed by atoms with Crippen LogP contribution < -0.4 is 4.90 Å². The molecular weight excluding hydrogens is 539 g/mol. The standard InChI is InChI=1S/C41H27NS/c1-2-15-29(16-3-1)42(37-22-10-14-27-12-4-7-18-31(27)37)41-34(24-25-39-40(41)35-19-8-9-23-38(35)43-39)33-21-11-20-32-30-17-6-5-13-28(30)26-36(32)33/h1-25H,26H2. The largest absolute Gasteiger partial charge is 0.309 e. The average molecular weight is 566 g/mol. The normalized spacial score (nSPS) is 12.1. The summed E-state index contributed by atoms with van der Waals surface area (Å²) in [5.74, 6) is 0. The molecule has 0 saturated carbocycles. The number of hydrogen-bond acceptors (Lipinski definition) is 2. The van der Waals surface area contributed by atoms with E-state index in [9.17, 15) is 0 Å². The van der Waals surface area contributed by atoms with Gasteiger partial charge in [-0.2, -0.15) is 0 Å². The molecule has 0 aliphatic heterocycles. The molecule has 202 valence electrons. The lowest BCUT2D eigenvalue weighted by molar-refractivity contribution is 1.26. The summed E-state index contributed by atoms with van der Waals surface area (Å²) >= 11 is 1.88. The van der Waals surface area contributed by atoms with Crippen LogP contribution in [0.5, 0.6) is 0 Å². The van der Waals surface area contributed by atoms with E-state index in [-0.39, 0.29) is 0 Å². The van der Waals surface area contributed by atoms with Gasteiger partial charge in [-0.25, -0.2) is 0 Å². The Bertz CT molecular complexity index is 2320. The van der Waals surface area contributed by atoms with Crippen molar-refractivity contribution in [3.05, 3.63) is 163 Å². The highest BCUT2D eigenvalue weighted by Gasteiger charge is 2.27. The van der Waals surface area contributed by atoms with Crippen LogP contribution in [0.1, 0.15) is 11.1 Å². The van der Waals surface area contributed by atoms with E-state index in [0.717, 1.165) is 12.1 Å². The minimum Gasteiger partial charge on any atom is -0.309 e. The Morgan fingerprint density at radius 1 is 0.465 bits per heavy atom. The molecule has 1 aliphatic carbocycles. The number of benzene rings is 7. The van der Waals surface area contributed by atoms with Gasteiger partial charge in [0, 0.05) is 36.8 Å². The van der Waals surface area contributed by atoms with E-state index < -0.39 is 0 Å². The van der Waals surface area contributed by atoms with Crippen LogP contribution in [0.15, 0.2) is 152 Å². The van der Waals surface area contributed by atoms with E-state index in [1.807, 2.05) is 11.3 Å². The number of hydrogen-bond donors (Lipinski definition) is 0. The fraction of sp³-hybridized carbons (Fsp3) is 0.0244. The maximum absolute atomic E-state index is 2.51. The molecule has 0 N–H and O–H groups in total. The van der Waals surface area contributed by atoms with Crippen molar-refractivity contribution in [1.82, 2.24) is 0 Å². The summed E-state index contributed by atoms with van der Waals surface area (Å²) in [5, 5.41) is 5.09. The molecule has 0 bridgehead atoms. The smallest absolute Gasteiger partial charge is 0.0633 e. The Hall–Kier alpha value is -5.18. The van der Waals surface area contributed by atoms with Gasteiger partial charge >= 0.3 is 0 Å². The molecule has 0 fully saturated rings. The molecule has 7 aromatic carbocycles. The molecule has 43 heavy (non-hydrogen) atoms. The van der Waals surface area contributed by atoms with Gasteiger partial charge < -0.3 is 4.90 Å². The molecule has 0 atom stereocenters. The summed E-state index contributed by atoms with van der Waals surface area (Å²) in [6.07, 6.45) is 0.948. The minimum absolute atomic E-state index is 0.948. The van der Waals surface area contributed by atoms with Crippen LogP contribution in [0.4, 0.5) is 17.1 Å².